The Bertz CT molecular complexity index is 353. The van der Waals surface area contributed by atoms with Crippen LogP contribution in [0.1, 0.15) is 24.0 Å². The third-order valence-corrected chi connectivity index (χ3v) is 2.85. The Labute approximate surface area is 101 Å². The van der Waals surface area contributed by atoms with Crippen molar-refractivity contribution in [2.24, 2.45) is 5.73 Å². The lowest BCUT2D eigenvalue weighted by molar-refractivity contribution is 0.616. The highest BCUT2D eigenvalue weighted by Crippen LogP contribution is 2.21. The third-order valence-electron chi connectivity index (χ3n) is 2.58. The molecule has 1 nitrogen and oxygen atoms in total. The van der Waals surface area contributed by atoms with Crippen molar-refractivity contribution >= 4 is 11.6 Å². The van der Waals surface area contributed by atoms with E-state index in [4.69, 9.17) is 17.3 Å². The molecule has 0 heterocycles. The van der Waals surface area contributed by atoms with Gasteiger partial charge < -0.3 is 5.73 Å². The molecule has 0 unspecified atom stereocenters. The molecule has 3 heteroatoms. The first-order valence-electron chi connectivity index (χ1n) is 5.37. The Morgan fingerprint density at radius 3 is 2.81 bits per heavy atom. The number of hydrogen-bond donors (Lipinski definition) is 1. The molecule has 0 fully saturated rings. The summed E-state index contributed by atoms with van der Waals surface area (Å²) in [5.74, 6) is -0.326. The molecule has 0 amide bonds. The lowest BCUT2D eigenvalue weighted by atomic mass is 10.0. The monoisotopic (exact) mass is 241 g/mol. The number of hydrogen-bond acceptors (Lipinski definition) is 1. The molecule has 0 saturated carbocycles. The molecule has 0 radical (unpaired) electrons. The fourth-order valence-corrected chi connectivity index (χ4v) is 1.89. The molecule has 2 N–H and O–H groups in total. The molecule has 88 valence electrons. The molecule has 0 aliphatic rings. The van der Waals surface area contributed by atoms with Gasteiger partial charge >= 0.3 is 0 Å². The zero-order chi connectivity index (χ0) is 12.1. The Balaban J connectivity index is 2.58. The summed E-state index contributed by atoms with van der Waals surface area (Å²) in [6.45, 7) is 5.35. The summed E-state index contributed by atoms with van der Waals surface area (Å²) >= 11 is 5.77. The Morgan fingerprint density at radius 1 is 1.56 bits per heavy atom. The number of aryl methyl sites for hydroxylation is 2. The number of benzene rings is 1. The summed E-state index contributed by atoms with van der Waals surface area (Å²) in [5, 5.41) is 0.197. The minimum Gasteiger partial charge on any atom is -0.324 e. The van der Waals surface area contributed by atoms with Gasteiger partial charge in [-0.3, -0.25) is 0 Å². The van der Waals surface area contributed by atoms with Gasteiger partial charge in [-0.05, 0) is 43.4 Å². The van der Waals surface area contributed by atoms with Crippen molar-refractivity contribution in [2.75, 3.05) is 0 Å². The van der Waals surface area contributed by atoms with Gasteiger partial charge in [0.05, 0.1) is 5.02 Å². The van der Waals surface area contributed by atoms with Gasteiger partial charge in [-0.15, -0.1) is 6.58 Å². The molecule has 1 rings (SSSR count). The van der Waals surface area contributed by atoms with E-state index >= 15 is 0 Å². The summed E-state index contributed by atoms with van der Waals surface area (Å²) < 4.78 is 13.3. The van der Waals surface area contributed by atoms with Crippen molar-refractivity contribution in [1.29, 1.82) is 0 Å². The molecular formula is C13H17ClFN. The van der Waals surface area contributed by atoms with Crippen molar-refractivity contribution < 1.29 is 4.39 Å². The summed E-state index contributed by atoms with van der Waals surface area (Å²) in [7, 11) is 0. The van der Waals surface area contributed by atoms with E-state index in [1.807, 2.05) is 6.07 Å². The van der Waals surface area contributed by atoms with Crippen LogP contribution in [-0.2, 0) is 6.42 Å². The molecule has 16 heavy (non-hydrogen) atoms. The van der Waals surface area contributed by atoms with Crippen LogP contribution in [0.3, 0.4) is 0 Å². The van der Waals surface area contributed by atoms with Gasteiger partial charge in [0.25, 0.3) is 0 Å². The summed E-state index contributed by atoms with van der Waals surface area (Å²) in [6, 6.07) is 3.56. The maximum absolute atomic E-state index is 13.3. The first-order valence-corrected chi connectivity index (χ1v) is 5.75. The van der Waals surface area contributed by atoms with Crippen LogP contribution in [0.15, 0.2) is 24.8 Å². The molecular weight excluding hydrogens is 225 g/mol. The van der Waals surface area contributed by atoms with Gasteiger partial charge in [-0.1, -0.05) is 23.7 Å². The second-order valence-electron chi connectivity index (χ2n) is 4.00. The minimum absolute atomic E-state index is 0.0389. The molecule has 0 bridgehead atoms. The molecule has 0 aromatic heterocycles. The van der Waals surface area contributed by atoms with Crippen molar-refractivity contribution in [2.45, 2.75) is 32.2 Å². The maximum Gasteiger partial charge on any atom is 0.144 e. The summed E-state index contributed by atoms with van der Waals surface area (Å²) in [5.41, 5.74) is 7.37. The van der Waals surface area contributed by atoms with Gasteiger partial charge in [0, 0.05) is 6.04 Å². The zero-order valence-electron chi connectivity index (χ0n) is 9.47. The SMILES string of the molecule is C=C[C@H](N)CCCc1cc(C)c(F)c(Cl)c1. The molecule has 1 aromatic rings. The predicted molar refractivity (Wildman–Crippen MR) is 67.3 cm³/mol. The van der Waals surface area contributed by atoms with E-state index < -0.39 is 0 Å². The lowest BCUT2D eigenvalue weighted by Crippen LogP contribution is -2.16. The second-order valence-corrected chi connectivity index (χ2v) is 4.41. The van der Waals surface area contributed by atoms with Crippen molar-refractivity contribution in [3.05, 3.63) is 46.8 Å². The van der Waals surface area contributed by atoms with Crippen molar-refractivity contribution in [1.82, 2.24) is 0 Å². The number of rotatable bonds is 5. The Morgan fingerprint density at radius 2 is 2.25 bits per heavy atom. The minimum atomic E-state index is -0.326. The van der Waals surface area contributed by atoms with Crippen LogP contribution < -0.4 is 5.73 Å². The fraction of sp³-hybridized carbons (Fsp3) is 0.385. The number of nitrogens with two attached hydrogens (primary N) is 1. The van der Waals surface area contributed by atoms with E-state index in [0.717, 1.165) is 24.8 Å². The van der Waals surface area contributed by atoms with Crippen LogP contribution in [0, 0.1) is 12.7 Å². The van der Waals surface area contributed by atoms with E-state index in [9.17, 15) is 4.39 Å². The van der Waals surface area contributed by atoms with E-state index in [2.05, 4.69) is 6.58 Å². The van der Waals surface area contributed by atoms with Gasteiger partial charge in [0.15, 0.2) is 0 Å². The van der Waals surface area contributed by atoms with Crippen LogP contribution >= 0.6 is 11.6 Å². The highest BCUT2D eigenvalue weighted by Gasteiger charge is 2.06. The van der Waals surface area contributed by atoms with Gasteiger partial charge in [-0.25, -0.2) is 4.39 Å². The summed E-state index contributed by atoms with van der Waals surface area (Å²) in [6.07, 6.45) is 4.44. The first kappa shape index (κ1) is 13.2. The molecule has 0 aliphatic carbocycles. The highest BCUT2D eigenvalue weighted by molar-refractivity contribution is 6.30. The van der Waals surface area contributed by atoms with Crippen LogP contribution in [0.25, 0.3) is 0 Å². The highest BCUT2D eigenvalue weighted by atomic mass is 35.5. The van der Waals surface area contributed by atoms with E-state index in [1.54, 1.807) is 19.1 Å². The maximum atomic E-state index is 13.3. The smallest absolute Gasteiger partial charge is 0.144 e. The third kappa shape index (κ3) is 3.62. The molecule has 0 saturated heterocycles. The van der Waals surface area contributed by atoms with Crippen LogP contribution in [-0.4, -0.2) is 6.04 Å². The number of halogens is 2. The van der Waals surface area contributed by atoms with Gasteiger partial charge in [0.1, 0.15) is 5.82 Å². The molecule has 1 atom stereocenters. The van der Waals surface area contributed by atoms with Crippen LogP contribution in [0.2, 0.25) is 5.02 Å². The molecule has 0 aliphatic heterocycles. The lowest BCUT2D eigenvalue weighted by Gasteiger charge is -2.07. The quantitative estimate of drug-likeness (QED) is 0.783. The van der Waals surface area contributed by atoms with Crippen molar-refractivity contribution in [3.63, 3.8) is 0 Å². The molecule has 0 spiro atoms. The average Bonchev–Trinajstić information content (AvgIpc) is 2.25. The van der Waals surface area contributed by atoms with Crippen LogP contribution in [0.4, 0.5) is 4.39 Å². The van der Waals surface area contributed by atoms with Gasteiger partial charge in [0.2, 0.25) is 0 Å². The second kappa shape index (κ2) is 6.02. The Kier molecular flexibility index (Phi) is 4.97. The molecule has 1 aromatic carbocycles. The zero-order valence-corrected chi connectivity index (χ0v) is 10.2. The van der Waals surface area contributed by atoms with Crippen LogP contribution in [0.5, 0.6) is 0 Å². The standard InChI is InChI=1S/C13H17ClFN/c1-3-11(16)6-4-5-10-7-9(2)13(15)12(14)8-10/h3,7-8,11H,1,4-6,16H2,2H3/t11-/m0/s1. The first-order chi connectivity index (χ1) is 7.54. The normalized spacial score (nSPS) is 12.5. The topological polar surface area (TPSA) is 26.0 Å². The van der Waals surface area contributed by atoms with E-state index in [0.29, 0.717) is 5.56 Å². The van der Waals surface area contributed by atoms with E-state index in [1.165, 1.54) is 0 Å². The van der Waals surface area contributed by atoms with Gasteiger partial charge in [-0.2, -0.15) is 0 Å². The largest absolute Gasteiger partial charge is 0.324 e. The summed E-state index contributed by atoms with van der Waals surface area (Å²) in [4.78, 5) is 0. The average molecular weight is 242 g/mol. The fourth-order valence-electron chi connectivity index (χ4n) is 1.60. The van der Waals surface area contributed by atoms with E-state index in [-0.39, 0.29) is 16.9 Å². The Hall–Kier alpha value is -0.860. The predicted octanol–water partition coefficient (Wildman–Crippen LogP) is 3.62. The van der Waals surface area contributed by atoms with Crippen molar-refractivity contribution in [3.8, 4) is 0 Å².